The summed E-state index contributed by atoms with van der Waals surface area (Å²) < 4.78 is 32.5. The van der Waals surface area contributed by atoms with E-state index in [1.165, 1.54) is 64.2 Å². The third kappa shape index (κ3) is 31.3. The summed E-state index contributed by atoms with van der Waals surface area (Å²) in [6, 6.07) is 0. The molecule has 0 amide bonds. The molecule has 0 radical (unpaired) electrons. The number of phosphoric acid groups is 1. The molecule has 3 N–H and O–H groups in total. The first-order valence-electron chi connectivity index (χ1n) is 18.1. The van der Waals surface area contributed by atoms with Gasteiger partial charge in [0.25, 0.3) is 0 Å². The summed E-state index contributed by atoms with van der Waals surface area (Å²) in [7, 11) is -4.60. The zero-order valence-electron chi connectivity index (χ0n) is 29.0. The second kappa shape index (κ2) is 32.3. The first-order chi connectivity index (χ1) is 22.2. The van der Waals surface area contributed by atoms with Gasteiger partial charge in [-0.15, -0.1) is 0 Å². The highest BCUT2D eigenvalue weighted by molar-refractivity contribution is 7.47. The van der Waals surface area contributed by atoms with Crippen molar-refractivity contribution in [2.24, 2.45) is 0 Å². The van der Waals surface area contributed by atoms with Crippen LogP contribution in [0.3, 0.4) is 0 Å². The van der Waals surface area contributed by atoms with Crippen molar-refractivity contribution >= 4 is 19.8 Å². The Morgan fingerprint density at radius 3 is 1.63 bits per heavy atom. The van der Waals surface area contributed by atoms with E-state index in [9.17, 15) is 24.2 Å². The molecule has 0 saturated carbocycles. The molecule has 0 aliphatic heterocycles. The minimum Gasteiger partial charge on any atom is -0.462 e. The molecule has 0 rings (SSSR count). The smallest absolute Gasteiger partial charge is 0.462 e. The molecule has 0 fully saturated rings. The Morgan fingerprint density at radius 1 is 0.630 bits per heavy atom. The van der Waals surface area contributed by atoms with Gasteiger partial charge in [-0.2, -0.15) is 0 Å². The lowest BCUT2D eigenvalue weighted by atomic mass is 10.0. The topological polar surface area (TPSA) is 149 Å². The van der Waals surface area contributed by atoms with Crippen molar-refractivity contribution in [1.82, 2.24) is 0 Å². The number of aliphatic hydroxyl groups excluding tert-OH is 2. The van der Waals surface area contributed by atoms with Crippen LogP contribution in [0.25, 0.3) is 0 Å². The highest BCUT2D eigenvalue weighted by Crippen LogP contribution is 2.43. The number of aliphatic hydroxyl groups is 2. The minimum absolute atomic E-state index is 0.177. The second-order valence-electron chi connectivity index (χ2n) is 12.3. The van der Waals surface area contributed by atoms with Crippen LogP contribution in [0, 0.1) is 0 Å². The van der Waals surface area contributed by atoms with Gasteiger partial charge in [-0.1, -0.05) is 129 Å². The Balaban J connectivity index is 4.40. The number of esters is 2. The number of phosphoric ester groups is 1. The van der Waals surface area contributed by atoms with Crippen molar-refractivity contribution in [2.75, 3.05) is 26.4 Å². The van der Waals surface area contributed by atoms with E-state index in [2.05, 4.69) is 30.5 Å². The van der Waals surface area contributed by atoms with Gasteiger partial charge in [0.15, 0.2) is 6.10 Å². The number of hydrogen-bond donors (Lipinski definition) is 3. The molecule has 0 spiro atoms. The predicted octanol–water partition coefficient (Wildman–Crippen LogP) is 8.50. The molecular weight excluding hydrogens is 611 g/mol. The molecule has 0 aliphatic rings. The molecular formula is C35H67O10P. The van der Waals surface area contributed by atoms with Crippen LogP contribution in [0.2, 0.25) is 0 Å². The van der Waals surface area contributed by atoms with Crippen molar-refractivity contribution in [3.05, 3.63) is 12.2 Å². The van der Waals surface area contributed by atoms with Crippen molar-refractivity contribution in [3.63, 3.8) is 0 Å². The van der Waals surface area contributed by atoms with E-state index in [4.69, 9.17) is 19.1 Å². The molecule has 272 valence electrons. The van der Waals surface area contributed by atoms with E-state index < -0.39 is 51.8 Å². The van der Waals surface area contributed by atoms with Gasteiger partial charge in [-0.3, -0.25) is 18.6 Å². The van der Waals surface area contributed by atoms with Gasteiger partial charge in [0, 0.05) is 12.8 Å². The summed E-state index contributed by atoms with van der Waals surface area (Å²) in [5.74, 6) is -0.934. The maximum atomic E-state index is 12.5. The number of allylic oxidation sites excluding steroid dienone is 2. The largest absolute Gasteiger partial charge is 0.472 e. The molecule has 11 heteroatoms. The van der Waals surface area contributed by atoms with Gasteiger partial charge in [-0.05, 0) is 32.1 Å². The summed E-state index contributed by atoms with van der Waals surface area (Å²) in [5.41, 5.74) is 0. The lowest BCUT2D eigenvalue weighted by Gasteiger charge is -2.20. The zero-order valence-corrected chi connectivity index (χ0v) is 29.9. The molecule has 0 aromatic carbocycles. The van der Waals surface area contributed by atoms with E-state index >= 15 is 0 Å². The Kier molecular flexibility index (Phi) is 31.4. The monoisotopic (exact) mass is 678 g/mol. The molecule has 0 aromatic heterocycles. The lowest BCUT2D eigenvalue weighted by Crippen LogP contribution is -2.29. The molecule has 3 atom stereocenters. The van der Waals surface area contributed by atoms with Gasteiger partial charge < -0.3 is 24.6 Å². The first kappa shape index (κ1) is 44.7. The fourth-order valence-corrected chi connectivity index (χ4v) is 5.59. The number of carbonyl (C=O) groups excluding carboxylic acids is 2. The summed E-state index contributed by atoms with van der Waals surface area (Å²) >= 11 is 0. The Labute approximate surface area is 279 Å². The van der Waals surface area contributed by atoms with E-state index in [1.54, 1.807) is 0 Å². The number of unbranched alkanes of at least 4 members (excludes halogenated alkanes) is 18. The average molecular weight is 679 g/mol. The van der Waals surface area contributed by atoms with Crippen LogP contribution < -0.4 is 0 Å². The lowest BCUT2D eigenvalue weighted by molar-refractivity contribution is -0.161. The summed E-state index contributed by atoms with van der Waals surface area (Å²) in [5, 5.41) is 18.2. The van der Waals surface area contributed by atoms with Gasteiger partial charge >= 0.3 is 19.8 Å². The molecule has 0 aromatic rings. The third-order valence-electron chi connectivity index (χ3n) is 7.67. The van der Waals surface area contributed by atoms with E-state index in [0.717, 1.165) is 57.8 Å². The Hall–Kier alpha value is -1.29. The van der Waals surface area contributed by atoms with Gasteiger partial charge in [0.1, 0.15) is 12.7 Å². The van der Waals surface area contributed by atoms with Gasteiger partial charge in [0.2, 0.25) is 0 Å². The van der Waals surface area contributed by atoms with Crippen molar-refractivity contribution in [2.45, 2.75) is 174 Å². The standard InChI is InChI=1S/C35H67O10P/c1-3-5-7-9-11-13-15-17-18-20-22-24-26-34(38)42-30-33(31-44-46(40,41)43-29-32(37)28-36)45-35(39)27-25-23-21-19-16-14-12-10-8-6-4-2/h10,12,32-33,36-37H,3-9,11,13-31H2,1-2H3,(H,40,41)/b12-10-/t32-,33+/m0/s1. The van der Waals surface area contributed by atoms with Crippen LogP contribution in [-0.2, 0) is 32.7 Å². The average Bonchev–Trinajstić information content (AvgIpc) is 3.04. The molecule has 0 saturated heterocycles. The zero-order chi connectivity index (χ0) is 34.1. The molecule has 1 unspecified atom stereocenters. The van der Waals surface area contributed by atoms with Crippen LogP contribution in [0.5, 0.6) is 0 Å². The van der Waals surface area contributed by atoms with E-state index in [0.29, 0.717) is 12.8 Å². The van der Waals surface area contributed by atoms with Gasteiger partial charge in [0.05, 0.1) is 19.8 Å². The number of hydrogen-bond acceptors (Lipinski definition) is 9. The van der Waals surface area contributed by atoms with Crippen LogP contribution in [0.4, 0.5) is 0 Å². The second-order valence-corrected chi connectivity index (χ2v) is 13.7. The molecule has 0 bridgehead atoms. The summed E-state index contributed by atoms with van der Waals surface area (Å²) in [4.78, 5) is 34.7. The number of carbonyl (C=O) groups is 2. The van der Waals surface area contributed by atoms with Crippen molar-refractivity contribution < 1.29 is 47.8 Å². The van der Waals surface area contributed by atoms with Crippen molar-refractivity contribution in [3.8, 4) is 0 Å². The summed E-state index contributed by atoms with van der Waals surface area (Å²) in [6.45, 7) is 2.31. The number of rotatable bonds is 34. The highest BCUT2D eigenvalue weighted by Gasteiger charge is 2.27. The van der Waals surface area contributed by atoms with E-state index in [1.807, 2.05) is 0 Å². The fourth-order valence-electron chi connectivity index (χ4n) is 4.80. The molecule has 46 heavy (non-hydrogen) atoms. The first-order valence-corrected chi connectivity index (χ1v) is 19.6. The quantitative estimate of drug-likeness (QED) is 0.0262. The van der Waals surface area contributed by atoms with E-state index in [-0.39, 0.29) is 19.4 Å². The van der Waals surface area contributed by atoms with Crippen LogP contribution >= 0.6 is 7.82 Å². The number of ether oxygens (including phenoxy) is 2. The Bertz CT molecular complexity index is 791. The highest BCUT2D eigenvalue weighted by atomic mass is 31.2. The third-order valence-corrected chi connectivity index (χ3v) is 8.62. The van der Waals surface area contributed by atoms with Crippen LogP contribution in [-0.4, -0.2) is 65.7 Å². The van der Waals surface area contributed by atoms with Crippen LogP contribution in [0.15, 0.2) is 12.2 Å². The van der Waals surface area contributed by atoms with Crippen LogP contribution in [0.1, 0.15) is 162 Å². The molecule has 0 heterocycles. The summed E-state index contributed by atoms with van der Waals surface area (Å²) in [6.07, 6.45) is 26.1. The van der Waals surface area contributed by atoms with Gasteiger partial charge in [-0.25, -0.2) is 4.57 Å². The maximum Gasteiger partial charge on any atom is 0.472 e. The normalized spacial score (nSPS) is 14.3. The molecule has 10 nitrogen and oxygen atoms in total. The molecule has 0 aliphatic carbocycles. The maximum absolute atomic E-state index is 12.5. The fraction of sp³-hybridized carbons (Fsp3) is 0.886. The predicted molar refractivity (Wildman–Crippen MR) is 182 cm³/mol. The Morgan fingerprint density at radius 2 is 1.09 bits per heavy atom. The van der Waals surface area contributed by atoms with Crippen molar-refractivity contribution in [1.29, 1.82) is 0 Å². The SMILES string of the molecule is CCCC/C=C\CCCCCCCC(=O)O[C@H](COC(=O)CCCCCCCCCCCCCC)COP(=O)(O)OC[C@@H](O)CO. The minimum atomic E-state index is -4.60.